The number of carboxylic acids is 1. The van der Waals surface area contributed by atoms with Gasteiger partial charge in [0.05, 0.1) is 5.69 Å². The summed E-state index contributed by atoms with van der Waals surface area (Å²) in [6.07, 6.45) is 0. The lowest BCUT2D eigenvalue weighted by Crippen LogP contribution is -2.28. The zero-order valence-corrected chi connectivity index (χ0v) is 11.8. The summed E-state index contributed by atoms with van der Waals surface area (Å²) in [5.74, 6) is -0.864. The molecule has 2 N–H and O–H groups in total. The summed E-state index contributed by atoms with van der Waals surface area (Å²) in [6.45, 7) is 4.03. The van der Waals surface area contributed by atoms with E-state index >= 15 is 0 Å². The van der Waals surface area contributed by atoms with Gasteiger partial charge in [-0.3, -0.25) is 4.79 Å². The first kappa shape index (κ1) is 13.0. The quantitative estimate of drug-likeness (QED) is 0.884. The molecule has 0 atom stereocenters. The molecular weight excluding hydrogens is 268 g/mol. The second kappa shape index (κ2) is 5.07. The van der Waals surface area contributed by atoms with E-state index in [-0.39, 0.29) is 0 Å². The first-order chi connectivity index (χ1) is 8.50. The summed E-state index contributed by atoms with van der Waals surface area (Å²) < 4.78 is 0. The molecule has 0 bridgehead atoms. The maximum Gasteiger partial charge on any atom is 0.315 e. The average molecular weight is 282 g/mol. The van der Waals surface area contributed by atoms with Crippen molar-refractivity contribution in [3.05, 3.63) is 33.5 Å². The van der Waals surface area contributed by atoms with E-state index < -0.39 is 11.4 Å². The Kier molecular flexibility index (Phi) is 3.68. The third-order valence-electron chi connectivity index (χ3n) is 2.70. The maximum atomic E-state index is 11.1. The second-order valence-electron chi connectivity index (χ2n) is 4.45. The molecule has 0 radical (unpaired) electrons. The lowest BCUT2D eigenvalue weighted by Gasteiger charge is -2.15. The summed E-state index contributed by atoms with van der Waals surface area (Å²) in [6, 6.07) is 2.05. The molecule has 0 unspecified atom stereocenters. The maximum absolute atomic E-state index is 11.1. The van der Waals surface area contributed by atoms with Crippen molar-refractivity contribution in [1.82, 2.24) is 4.98 Å². The zero-order valence-electron chi connectivity index (χ0n) is 10.1. The predicted molar refractivity (Wildman–Crippen MR) is 74.4 cm³/mol. The number of carboxylic acid groups (broad SMARTS) is 1. The number of nitrogens with zero attached hydrogens (tertiary/aromatic N) is 1. The molecule has 0 spiro atoms. The Bertz CT molecular complexity index is 532. The number of carbonyl (C=O) groups is 1. The lowest BCUT2D eigenvalue weighted by molar-refractivity contribution is -0.142. The van der Waals surface area contributed by atoms with Gasteiger partial charge in [0.2, 0.25) is 0 Å². The minimum Gasteiger partial charge on any atom is -0.481 e. The highest BCUT2D eigenvalue weighted by Crippen LogP contribution is 2.27. The molecule has 2 heterocycles. The van der Waals surface area contributed by atoms with E-state index in [0.717, 1.165) is 5.13 Å². The molecule has 0 aliphatic heterocycles. The molecular formula is C12H14N2O2S2. The summed E-state index contributed by atoms with van der Waals surface area (Å²) in [4.78, 5) is 15.5. The molecule has 0 amide bonds. The Hall–Kier alpha value is -1.40. The van der Waals surface area contributed by atoms with Crippen molar-refractivity contribution in [2.75, 3.05) is 5.32 Å². The van der Waals surface area contributed by atoms with Crippen LogP contribution in [0.2, 0.25) is 0 Å². The van der Waals surface area contributed by atoms with Crippen molar-refractivity contribution in [3.63, 3.8) is 0 Å². The standard InChI is InChI=1S/C12H14N2O2S2/c1-12(2,10(15)16)9-7-18-11(14-9)13-5-8-3-4-17-6-8/h3-4,6-7H,5H2,1-2H3,(H,13,14)(H,15,16). The SMILES string of the molecule is CC(C)(C(=O)O)c1csc(NCc2ccsc2)n1. The van der Waals surface area contributed by atoms with Gasteiger partial charge in [-0.25, -0.2) is 4.98 Å². The van der Waals surface area contributed by atoms with E-state index in [0.29, 0.717) is 12.2 Å². The fraction of sp³-hybridized carbons (Fsp3) is 0.333. The molecule has 2 rings (SSSR count). The van der Waals surface area contributed by atoms with Gasteiger partial charge in [0, 0.05) is 11.9 Å². The molecule has 96 valence electrons. The second-order valence-corrected chi connectivity index (χ2v) is 6.09. The number of hydrogen-bond donors (Lipinski definition) is 2. The number of thiazole rings is 1. The molecule has 0 aromatic carbocycles. The van der Waals surface area contributed by atoms with Crippen LogP contribution in [0, 0.1) is 0 Å². The molecule has 0 saturated carbocycles. The summed E-state index contributed by atoms with van der Waals surface area (Å²) in [5.41, 5.74) is 0.848. The van der Waals surface area contributed by atoms with Crippen LogP contribution >= 0.6 is 22.7 Å². The lowest BCUT2D eigenvalue weighted by atomic mass is 9.90. The van der Waals surface area contributed by atoms with E-state index in [2.05, 4.69) is 15.7 Å². The van der Waals surface area contributed by atoms with Gasteiger partial charge in [-0.15, -0.1) is 11.3 Å². The molecule has 2 aromatic rings. The Morgan fingerprint density at radius 1 is 1.50 bits per heavy atom. The van der Waals surface area contributed by atoms with Gasteiger partial charge in [0.1, 0.15) is 5.41 Å². The summed E-state index contributed by atoms with van der Waals surface area (Å²) >= 11 is 3.09. The van der Waals surface area contributed by atoms with Gasteiger partial charge in [-0.05, 0) is 36.2 Å². The normalized spacial score (nSPS) is 11.4. The van der Waals surface area contributed by atoms with Gasteiger partial charge in [0.15, 0.2) is 5.13 Å². The third-order valence-corrected chi connectivity index (χ3v) is 4.24. The van der Waals surface area contributed by atoms with Crippen molar-refractivity contribution >= 4 is 33.8 Å². The predicted octanol–water partition coefficient (Wildman–Crippen LogP) is 3.18. The van der Waals surface area contributed by atoms with Crippen LogP contribution in [0.3, 0.4) is 0 Å². The smallest absolute Gasteiger partial charge is 0.315 e. The number of anilines is 1. The monoisotopic (exact) mass is 282 g/mol. The zero-order chi connectivity index (χ0) is 13.2. The molecule has 0 saturated heterocycles. The van der Waals surface area contributed by atoms with Gasteiger partial charge in [-0.1, -0.05) is 0 Å². The minimum absolute atomic E-state index is 0.591. The topological polar surface area (TPSA) is 62.2 Å². The fourth-order valence-corrected chi connectivity index (χ4v) is 2.87. The number of nitrogens with one attached hydrogen (secondary N) is 1. The highest BCUT2D eigenvalue weighted by Gasteiger charge is 2.32. The third kappa shape index (κ3) is 2.70. The molecule has 0 fully saturated rings. The van der Waals surface area contributed by atoms with Crippen LogP contribution in [-0.2, 0) is 16.8 Å². The number of aromatic nitrogens is 1. The Morgan fingerprint density at radius 3 is 2.89 bits per heavy atom. The molecule has 18 heavy (non-hydrogen) atoms. The molecule has 0 aliphatic rings. The minimum atomic E-state index is -0.946. The van der Waals surface area contributed by atoms with Crippen LogP contribution in [0.15, 0.2) is 22.2 Å². The van der Waals surface area contributed by atoms with Crippen LogP contribution in [-0.4, -0.2) is 16.1 Å². The summed E-state index contributed by atoms with van der Waals surface area (Å²) in [7, 11) is 0. The molecule has 0 aliphatic carbocycles. The van der Waals surface area contributed by atoms with Gasteiger partial charge in [0.25, 0.3) is 0 Å². The Labute approximate surface area is 113 Å². The van der Waals surface area contributed by atoms with Crippen LogP contribution < -0.4 is 5.32 Å². The van der Waals surface area contributed by atoms with Crippen molar-refractivity contribution in [1.29, 1.82) is 0 Å². The molecule has 4 nitrogen and oxygen atoms in total. The first-order valence-corrected chi connectivity index (χ1v) is 7.27. The number of hydrogen-bond acceptors (Lipinski definition) is 5. The van der Waals surface area contributed by atoms with Crippen LogP contribution in [0.4, 0.5) is 5.13 Å². The Morgan fingerprint density at radius 2 is 2.28 bits per heavy atom. The molecule has 6 heteroatoms. The van der Waals surface area contributed by atoms with Crippen molar-refractivity contribution in [2.24, 2.45) is 0 Å². The largest absolute Gasteiger partial charge is 0.481 e. The van der Waals surface area contributed by atoms with E-state index in [1.807, 2.05) is 11.4 Å². The number of rotatable bonds is 5. The van der Waals surface area contributed by atoms with Gasteiger partial charge in [-0.2, -0.15) is 11.3 Å². The highest BCUT2D eigenvalue weighted by molar-refractivity contribution is 7.13. The van der Waals surface area contributed by atoms with Gasteiger partial charge < -0.3 is 10.4 Å². The first-order valence-electron chi connectivity index (χ1n) is 5.44. The number of thiophene rings is 1. The van der Waals surface area contributed by atoms with Crippen molar-refractivity contribution in [2.45, 2.75) is 25.8 Å². The van der Waals surface area contributed by atoms with E-state index in [4.69, 9.17) is 5.11 Å². The van der Waals surface area contributed by atoms with Crippen molar-refractivity contribution in [3.8, 4) is 0 Å². The van der Waals surface area contributed by atoms with Crippen molar-refractivity contribution < 1.29 is 9.90 Å². The molecule has 2 aromatic heterocycles. The number of aliphatic carboxylic acids is 1. The average Bonchev–Trinajstić information content (AvgIpc) is 2.97. The highest BCUT2D eigenvalue weighted by atomic mass is 32.1. The van der Waals surface area contributed by atoms with Gasteiger partial charge >= 0.3 is 5.97 Å². The van der Waals surface area contributed by atoms with Crippen LogP contribution in [0.5, 0.6) is 0 Å². The van der Waals surface area contributed by atoms with Crippen LogP contribution in [0.25, 0.3) is 0 Å². The van der Waals surface area contributed by atoms with E-state index in [9.17, 15) is 4.79 Å². The summed E-state index contributed by atoms with van der Waals surface area (Å²) in [5, 5.41) is 19.0. The van der Waals surface area contributed by atoms with Crippen LogP contribution in [0.1, 0.15) is 25.1 Å². The van der Waals surface area contributed by atoms with E-state index in [1.54, 1.807) is 30.6 Å². The Balaban J connectivity index is 2.04. The van der Waals surface area contributed by atoms with E-state index in [1.165, 1.54) is 16.9 Å². The fourth-order valence-electron chi connectivity index (χ4n) is 1.32.